The van der Waals surface area contributed by atoms with Crippen LogP contribution in [0.15, 0.2) is 30.3 Å². The van der Waals surface area contributed by atoms with Crippen LogP contribution in [0, 0.1) is 5.92 Å². The Morgan fingerprint density at radius 2 is 2.13 bits per heavy atom. The average molecular weight is 309 g/mol. The summed E-state index contributed by atoms with van der Waals surface area (Å²) in [5, 5.41) is 4.21. The van der Waals surface area contributed by atoms with Crippen LogP contribution in [0.2, 0.25) is 0 Å². The number of amides is 1. The minimum Gasteiger partial charge on any atom is -0.338 e. The minimum atomic E-state index is 0.170. The van der Waals surface area contributed by atoms with E-state index in [1.165, 1.54) is 12.8 Å². The predicted octanol–water partition coefficient (Wildman–Crippen LogP) is 2.79. The molecule has 1 unspecified atom stereocenters. The van der Waals surface area contributed by atoms with Gasteiger partial charge >= 0.3 is 0 Å². The molecule has 120 valence electrons. The first-order valence-corrected chi connectivity index (χ1v) is 8.60. The molecule has 4 nitrogen and oxygen atoms in total. The number of benzene rings is 1. The first-order valence-electron chi connectivity index (χ1n) is 8.60. The second kappa shape index (κ2) is 5.93. The van der Waals surface area contributed by atoms with E-state index in [1.54, 1.807) is 0 Å². The van der Waals surface area contributed by atoms with Crippen molar-refractivity contribution in [3.05, 3.63) is 41.6 Å². The van der Waals surface area contributed by atoms with Crippen molar-refractivity contribution in [2.75, 3.05) is 26.7 Å². The lowest BCUT2D eigenvalue weighted by Gasteiger charge is -2.18. The molecule has 1 saturated heterocycles. The fraction of sp³-hybridized carbons (Fsp3) is 0.474. The number of nitrogens with one attached hydrogen (secondary N) is 1. The quantitative estimate of drug-likeness (QED) is 0.944. The Hall–Kier alpha value is -1.94. The summed E-state index contributed by atoms with van der Waals surface area (Å²) >= 11 is 0. The molecule has 23 heavy (non-hydrogen) atoms. The number of carbonyl (C=O) groups excluding carboxylic acids is 1. The third-order valence-corrected chi connectivity index (χ3v) is 5.03. The van der Waals surface area contributed by atoms with Gasteiger partial charge in [-0.25, -0.2) is 0 Å². The van der Waals surface area contributed by atoms with Gasteiger partial charge in [0, 0.05) is 30.1 Å². The number of fused-ring (bicyclic) bond motifs is 1. The number of nitrogens with zero attached hydrogens (tertiary/aromatic N) is 2. The van der Waals surface area contributed by atoms with Gasteiger partial charge in [0.2, 0.25) is 0 Å². The molecule has 1 aromatic heterocycles. The Labute approximate surface area is 136 Å². The van der Waals surface area contributed by atoms with E-state index in [-0.39, 0.29) is 5.91 Å². The summed E-state index contributed by atoms with van der Waals surface area (Å²) < 4.78 is 0. The lowest BCUT2D eigenvalue weighted by molar-refractivity contribution is 0.0789. The fourth-order valence-electron chi connectivity index (χ4n) is 3.60. The Kier molecular flexibility index (Phi) is 3.77. The summed E-state index contributed by atoms with van der Waals surface area (Å²) in [7, 11) is 1.97. The first kappa shape index (κ1) is 14.6. The van der Waals surface area contributed by atoms with E-state index in [0.29, 0.717) is 11.8 Å². The van der Waals surface area contributed by atoms with Gasteiger partial charge in [-0.1, -0.05) is 18.2 Å². The molecule has 4 rings (SSSR count). The van der Waals surface area contributed by atoms with Crippen LogP contribution in [-0.2, 0) is 0 Å². The van der Waals surface area contributed by atoms with E-state index < -0.39 is 0 Å². The van der Waals surface area contributed by atoms with Crippen molar-refractivity contribution in [1.82, 2.24) is 15.2 Å². The van der Waals surface area contributed by atoms with Crippen LogP contribution >= 0.6 is 0 Å². The highest BCUT2D eigenvalue weighted by Gasteiger charge is 2.30. The molecule has 1 amide bonds. The summed E-state index contributed by atoms with van der Waals surface area (Å²) in [6, 6.07) is 10.1. The molecule has 2 fully saturated rings. The number of likely N-dealkylation sites (tertiary alicyclic amines) is 1. The van der Waals surface area contributed by atoms with Crippen molar-refractivity contribution in [3.63, 3.8) is 0 Å². The molecule has 2 aromatic rings. The van der Waals surface area contributed by atoms with Crippen molar-refractivity contribution in [3.8, 4) is 0 Å². The highest BCUT2D eigenvalue weighted by atomic mass is 16.2. The summed E-state index contributed by atoms with van der Waals surface area (Å²) in [6.07, 6.45) is 3.49. The predicted molar refractivity (Wildman–Crippen MR) is 91.7 cm³/mol. The molecule has 1 aliphatic heterocycles. The molecule has 1 aliphatic carbocycles. The third kappa shape index (κ3) is 2.83. The van der Waals surface area contributed by atoms with Crippen LogP contribution in [0.4, 0.5) is 0 Å². The molecule has 4 heteroatoms. The molecule has 1 atom stereocenters. The molecule has 1 N–H and O–H groups in total. The van der Waals surface area contributed by atoms with Crippen molar-refractivity contribution in [2.24, 2.45) is 5.92 Å². The highest BCUT2D eigenvalue weighted by molar-refractivity contribution is 6.06. The maximum Gasteiger partial charge on any atom is 0.254 e. The molecule has 2 heterocycles. The summed E-state index contributed by atoms with van der Waals surface area (Å²) in [5.74, 6) is 1.30. The molecule has 2 aliphatic rings. The topological polar surface area (TPSA) is 45.2 Å². The van der Waals surface area contributed by atoms with Crippen molar-refractivity contribution >= 4 is 16.8 Å². The zero-order valence-corrected chi connectivity index (χ0v) is 13.6. The third-order valence-electron chi connectivity index (χ3n) is 5.03. The van der Waals surface area contributed by atoms with Crippen LogP contribution in [0.25, 0.3) is 10.9 Å². The van der Waals surface area contributed by atoms with Gasteiger partial charge in [-0.2, -0.15) is 0 Å². The zero-order chi connectivity index (χ0) is 15.8. The second-order valence-corrected chi connectivity index (χ2v) is 6.85. The number of hydrogen-bond acceptors (Lipinski definition) is 3. The van der Waals surface area contributed by atoms with Crippen LogP contribution in [-0.4, -0.2) is 42.5 Å². The number of hydrogen-bond donors (Lipinski definition) is 1. The van der Waals surface area contributed by atoms with Gasteiger partial charge in [0.25, 0.3) is 5.91 Å². The van der Waals surface area contributed by atoms with E-state index in [1.807, 2.05) is 42.3 Å². The fourth-order valence-corrected chi connectivity index (χ4v) is 3.60. The van der Waals surface area contributed by atoms with Crippen molar-refractivity contribution in [2.45, 2.75) is 25.2 Å². The van der Waals surface area contributed by atoms with Gasteiger partial charge in [-0.15, -0.1) is 0 Å². The lowest BCUT2D eigenvalue weighted by Crippen LogP contribution is -2.30. The van der Waals surface area contributed by atoms with Crippen LogP contribution in [0.1, 0.15) is 41.2 Å². The SMILES string of the molecule is CNCC1CCN(C(=O)c2cc(C3CC3)nc3ccccc23)C1. The Morgan fingerprint density at radius 3 is 2.91 bits per heavy atom. The Bertz CT molecular complexity index is 738. The summed E-state index contributed by atoms with van der Waals surface area (Å²) in [4.78, 5) is 19.9. The normalized spacial score (nSPS) is 21.1. The van der Waals surface area contributed by atoms with Gasteiger partial charge in [0.1, 0.15) is 0 Å². The van der Waals surface area contributed by atoms with Crippen molar-refractivity contribution in [1.29, 1.82) is 0 Å². The standard InChI is InChI=1S/C19H23N3O/c1-20-11-13-8-9-22(12-13)19(23)16-10-18(14-6-7-14)21-17-5-3-2-4-15(16)17/h2-5,10,13-14,20H,6-9,11-12H2,1H3. The summed E-state index contributed by atoms with van der Waals surface area (Å²) in [5.41, 5.74) is 2.88. The maximum absolute atomic E-state index is 13.1. The van der Waals surface area contributed by atoms with Gasteiger partial charge in [-0.3, -0.25) is 9.78 Å². The minimum absolute atomic E-state index is 0.170. The van der Waals surface area contributed by atoms with E-state index in [9.17, 15) is 4.79 Å². The molecule has 1 aromatic carbocycles. The number of pyridine rings is 1. The van der Waals surface area contributed by atoms with Gasteiger partial charge in [0.15, 0.2) is 0 Å². The molecular formula is C19H23N3O. The molecular weight excluding hydrogens is 286 g/mol. The van der Waals surface area contributed by atoms with Gasteiger partial charge < -0.3 is 10.2 Å². The molecule has 0 bridgehead atoms. The molecule has 0 radical (unpaired) electrons. The maximum atomic E-state index is 13.1. The number of rotatable bonds is 4. The highest BCUT2D eigenvalue weighted by Crippen LogP contribution is 2.40. The van der Waals surface area contributed by atoms with E-state index in [0.717, 1.165) is 48.2 Å². The van der Waals surface area contributed by atoms with Gasteiger partial charge in [0.05, 0.1) is 11.1 Å². The Balaban J connectivity index is 1.68. The smallest absolute Gasteiger partial charge is 0.254 e. The van der Waals surface area contributed by atoms with Crippen LogP contribution in [0.3, 0.4) is 0 Å². The van der Waals surface area contributed by atoms with Crippen LogP contribution in [0.5, 0.6) is 0 Å². The number of carbonyl (C=O) groups is 1. The second-order valence-electron chi connectivity index (χ2n) is 6.85. The monoisotopic (exact) mass is 309 g/mol. The largest absolute Gasteiger partial charge is 0.338 e. The van der Waals surface area contributed by atoms with Gasteiger partial charge in [-0.05, 0) is 50.9 Å². The first-order chi connectivity index (χ1) is 11.3. The van der Waals surface area contributed by atoms with E-state index >= 15 is 0 Å². The number of aromatic nitrogens is 1. The van der Waals surface area contributed by atoms with E-state index in [4.69, 9.17) is 4.98 Å². The number of para-hydroxylation sites is 1. The van der Waals surface area contributed by atoms with Crippen LogP contribution < -0.4 is 5.32 Å². The average Bonchev–Trinajstić information content (AvgIpc) is 3.33. The molecule has 1 saturated carbocycles. The van der Waals surface area contributed by atoms with E-state index in [2.05, 4.69) is 5.32 Å². The Morgan fingerprint density at radius 1 is 1.30 bits per heavy atom. The summed E-state index contributed by atoms with van der Waals surface area (Å²) in [6.45, 7) is 2.70. The zero-order valence-electron chi connectivity index (χ0n) is 13.6. The van der Waals surface area contributed by atoms with Crippen molar-refractivity contribution < 1.29 is 4.79 Å². The molecule has 0 spiro atoms. The lowest BCUT2D eigenvalue weighted by atomic mass is 10.0.